The molecule has 0 spiro atoms. The van der Waals surface area contributed by atoms with Gasteiger partial charge in [0.15, 0.2) is 5.78 Å². The van der Waals surface area contributed by atoms with Crippen molar-refractivity contribution in [2.45, 2.75) is 53.4 Å². The molecule has 154 valence electrons. The van der Waals surface area contributed by atoms with Crippen molar-refractivity contribution in [2.24, 2.45) is 22.7 Å². The zero-order valence-corrected chi connectivity index (χ0v) is 18.2. The summed E-state index contributed by atoms with van der Waals surface area (Å²) in [6, 6.07) is 0. The van der Waals surface area contributed by atoms with Crippen LogP contribution < -0.4 is 10.6 Å². The van der Waals surface area contributed by atoms with E-state index in [9.17, 15) is 14.4 Å². The molecule has 2 unspecified atom stereocenters. The second-order valence-corrected chi connectivity index (χ2v) is 7.95. The predicted molar refractivity (Wildman–Crippen MR) is 114 cm³/mol. The summed E-state index contributed by atoms with van der Waals surface area (Å²) in [5.41, 5.74) is 0. The fourth-order valence-corrected chi connectivity index (χ4v) is 3.20. The Bertz CT molecular complexity index is 533. The average molecular weight is 398 g/mol. The maximum Gasteiger partial charge on any atom is 0.223 e. The number of carbonyl (C=O) groups is 3. The number of Topliss-reactive ketones (excluding diaryl/α,β-unsaturated/α-hetero) is 1. The number of nitrogens with one attached hydrogen (secondary N) is 2. The van der Waals surface area contributed by atoms with Gasteiger partial charge in [-0.3, -0.25) is 19.4 Å². The molecule has 0 aromatic rings. The number of thioether (sulfide) groups is 1. The van der Waals surface area contributed by atoms with E-state index in [2.05, 4.69) is 36.1 Å². The predicted octanol–water partition coefficient (Wildman–Crippen LogP) is 3.18. The maximum atomic E-state index is 12.7. The Morgan fingerprint density at radius 1 is 1.41 bits per heavy atom. The van der Waals surface area contributed by atoms with Crippen LogP contribution in [-0.2, 0) is 14.4 Å². The van der Waals surface area contributed by atoms with E-state index in [0.717, 1.165) is 6.42 Å². The monoisotopic (exact) mass is 397 g/mol. The summed E-state index contributed by atoms with van der Waals surface area (Å²) < 4.78 is 0. The summed E-state index contributed by atoms with van der Waals surface area (Å²) >= 11 is 1.17. The van der Waals surface area contributed by atoms with Gasteiger partial charge < -0.3 is 10.6 Å². The lowest BCUT2D eigenvalue weighted by molar-refractivity contribution is -0.123. The van der Waals surface area contributed by atoms with Gasteiger partial charge in [-0.1, -0.05) is 52.5 Å². The highest BCUT2D eigenvalue weighted by atomic mass is 32.2. The first-order valence-electron chi connectivity index (χ1n) is 9.63. The molecule has 2 amide bonds. The molecule has 2 N–H and O–H groups in total. The lowest BCUT2D eigenvalue weighted by Crippen LogP contribution is -2.37. The minimum absolute atomic E-state index is 0.0207. The van der Waals surface area contributed by atoms with E-state index in [4.69, 9.17) is 0 Å². The van der Waals surface area contributed by atoms with Crippen LogP contribution in [0.2, 0.25) is 0 Å². The SMILES string of the molecule is C=CSC(=NC)C(=O)C(CNC(=O)CC(C)C)CC1CCNC1=O.CCC. The van der Waals surface area contributed by atoms with Gasteiger partial charge in [0.05, 0.1) is 0 Å². The molecule has 0 radical (unpaired) electrons. The Balaban J connectivity index is 0.00000210. The topological polar surface area (TPSA) is 87.6 Å². The quantitative estimate of drug-likeness (QED) is 0.462. The molecule has 27 heavy (non-hydrogen) atoms. The molecule has 1 aliphatic heterocycles. The lowest BCUT2D eigenvalue weighted by Gasteiger charge is -2.19. The van der Waals surface area contributed by atoms with Gasteiger partial charge in [-0.25, -0.2) is 0 Å². The minimum Gasteiger partial charge on any atom is -0.356 e. The molecule has 0 aliphatic carbocycles. The van der Waals surface area contributed by atoms with Crippen LogP contribution in [0.5, 0.6) is 0 Å². The molecule has 7 heteroatoms. The van der Waals surface area contributed by atoms with Crippen molar-refractivity contribution in [3.05, 3.63) is 12.0 Å². The molecule has 0 aromatic carbocycles. The van der Waals surface area contributed by atoms with Gasteiger partial charge in [0.25, 0.3) is 0 Å². The van der Waals surface area contributed by atoms with E-state index in [-0.39, 0.29) is 36.0 Å². The number of aliphatic imine (C=N–C) groups is 1. The summed E-state index contributed by atoms with van der Waals surface area (Å²) in [4.78, 5) is 40.4. The number of rotatable bonds is 9. The van der Waals surface area contributed by atoms with Crippen molar-refractivity contribution in [1.29, 1.82) is 0 Å². The van der Waals surface area contributed by atoms with Crippen LogP contribution in [0.4, 0.5) is 0 Å². The van der Waals surface area contributed by atoms with E-state index in [0.29, 0.717) is 24.4 Å². The molecule has 1 saturated heterocycles. The first kappa shape index (κ1) is 25.4. The molecule has 0 saturated carbocycles. The zero-order chi connectivity index (χ0) is 20.8. The third kappa shape index (κ3) is 10.3. The second kappa shape index (κ2) is 14.4. The first-order valence-corrected chi connectivity index (χ1v) is 10.5. The van der Waals surface area contributed by atoms with E-state index in [1.54, 1.807) is 12.5 Å². The molecule has 0 bridgehead atoms. The molecule has 1 aliphatic rings. The van der Waals surface area contributed by atoms with Crippen molar-refractivity contribution < 1.29 is 14.4 Å². The standard InChI is InChI=1S/C17H27N3O3S.C3H8/c1-5-24-17(18-4)15(22)13(9-12-6-7-19-16(12)23)10-20-14(21)8-11(2)3;1-3-2/h5,11-13H,1,6-10H2,2-4H3,(H,19,23)(H,20,21);3H2,1-2H3. The van der Waals surface area contributed by atoms with Gasteiger partial charge in [-0.05, 0) is 24.2 Å². The number of carbonyl (C=O) groups excluding carboxylic acids is 3. The number of ketones is 1. The maximum absolute atomic E-state index is 12.7. The second-order valence-electron chi connectivity index (χ2n) is 7.00. The van der Waals surface area contributed by atoms with Gasteiger partial charge in [0.2, 0.25) is 11.8 Å². The van der Waals surface area contributed by atoms with E-state index >= 15 is 0 Å². The van der Waals surface area contributed by atoms with Gasteiger partial charge in [-0.15, -0.1) is 0 Å². The van der Waals surface area contributed by atoms with Crippen LogP contribution in [0.25, 0.3) is 0 Å². The van der Waals surface area contributed by atoms with E-state index in [1.165, 1.54) is 18.2 Å². The highest BCUT2D eigenvalue weighted by molar-refractivity contribution is 8.18. The summed E-state index contributed by atoms with van der Waals surface area (Å²) in [5, 5.41) is 7.51. The van der Waals surface area contributed by atoms with Crippen molar-refractivity contribution in [3.63, 3.8) is 0 Å². The number of amides is 2. The Kier molecular flexibility index (Phi) is 13.6. The molecular weight excluding hydrogens is 362 g/mol. The van der Waals surface area contributed by atoms with Crippen molar-refractivity contribution >= 4 is 34.4 Å². The lowest BCUT2D eigenvalue weighted by atomic mass is 9.90. The Morgan fingerprint density at radius 3 is 2.48 bits per heavy atom. The third-order valence-corrected chi connectivity index (χ3v) is 4.62. The molecule has 1 rings (SSSR count). The summed E-state index contributed by atoms with van der Waals surface area (Å²) in [6.07, 6.45) is 2.81. The van der Waals surface area contributed by atoms with Crippen LogP contribution in [-0.4, -0.2) is 42.8 Å². The van der Waals surface area contributed by atoms with Crippen LogP contribution in [0.3, 0.4) is 0 Å². The number of hydrogen-bond acceptors (Lipinski definition) is 5. The Labute approximate surface area is 168 Å². The van der Waals surface area contributed by atoms with E-state index in [1.807, 2.05) is 13.8 Å². The smallest absolute Gasteiger partial charge is 0.223 e. The highest BCUT2D eigenvalue weighted by Gasteiger charge is 2.32. The number of hydrogen-bond donors (Lipinski definition) is 2. The zero-order valence-electron chi connectivity index (χ0n) is 17.3. The molecular formula is C20H35N3O3S. The number of nitrogens with zero attached hydrogens (tertiary/aromatic N) is 1. The fourth-order valence-electron chi connectivity index (χ4n) is 2.65. The Hall–Kier alpha value is -1.63. The minimum atomic E-state index is -0.457. The van der Waals surface area contributed by atoms with Crippen molar-refractivity contribution in [3.8, 4) is 0 Å². The molecule has 2 atom stereocenters. The third-order valence-electron chi connectivity index (χ3n) is 3.85. The largest absolute Gasteiger partial charge is 0.356 e. The molecule has 0 aromatic heterocycles. The van der Waals surface area contributed by atoms with Crippen molar-refractivity contribution in [2.75, 3.05) is 20.1 Å². The van der Waals surface area contributed by atoms with Crippen LogP contribution in [0.1, 0.15) is 53.4 Å². The van der Waals surface area contributed by atoms with Gasteiger partial charge in [-0.2, -0.15) is 0 Å². The normalized spacial score (nSPS) is 17.6. The summed E-state index contributed by atoms with van der Waals surface area (Å²) in [7, 11) is 1.56. The highest BCUT2D eigenvalue weighted by Crippen LogP contribution is 2.22. The van der Waals surface area contributed by atoms with Gasteiger partial charge >= 0.3 is 0 Å². The van der Waals surface area contributed by atoms with Crippen LogP contribution in [0.15, 0.2) is 17.0 Å². The molecule has 1 heterocycles. The first-order chi connectivity index (χ1) is 12.8. The summed E-state index contributed by atoms with van der Waals surface area (Å²) in [5.74, 6) is -0.637. The van der Waals surface area contributed by atoms with Crippen molar-refractivity contribution in [1.82, 2.24) is 10.6 Å². The van der Waals surface area contributed by atoms with Gasteiger partial charge in [0.1, 0.15) is 5.04 Å². The van der Waals surface area contributed by atoms with Gasteiger partial charge in [0, 0.05) is 38.4 Å². The fraction of sp³-hybridized carbons (Fsp3) is 0.700. The Morgan fingerprint density at radius 2 is 2.04 bits per heavy atom. The molecule has 6 nitrogen and oxygen atoms in total. The summed E-state index contributed by atoms with van der Waals surface area (Å²) in [6.45, 7) is 12.7. The van der Waals surface area contributed by atoms with E-state index < -0.39 is 5.92 Å². The van der Waals surface area contributed by atoms with Crippen LogP contribution >= 0.6 is 11.8 Å². The van der Waals surface area contributed by atoms with Crippen LogP contribution in [0, 0.1) is 17.8 Å². The average Bonchev–Trinajstić information content (AvgIpc) is 3.00. The molecule has 1 fully saturated rings.